The number of aliphatic hydroxyl groups is 1. The van der Waals surface area contributed by atoms with E-state index in [0.29, 0.717) is 12.6 Å². The zero-order valence-corrected chi connectivity index (χ0v) is 13.3. The first kappa shape index (κ1) is 16.3. The Morgan fingerprint density at radius 2 is 2.14 bits per heavy atom. The molecule has 1 aliphatic rings. The molecule has 1 aromatic rings. The molecule has 0 bridgehead atoms. The quantitative estimate of drug-likeness (QED) is 0.773. The van der Waals surface area contributed by atoms with E-state index in [9.17, 15) is 5.11 Å². The second kappa shape index (κ2) is 7.78. The van der Waals surface area contributed by atoms with Crippen LogP contribution in [0.4, 0.5) is 0 Å². The Kier molecular flexibility index (Phi) is 6.03. The molecule has 0 saturated heterocycles. The van der Waals surface area contributed by atoms with Crippen LogP contribution >= 0.6 is 0 Å². The third kappa shape index (κ3) is 4.43. The summed E-state index contributed by atoms with van der Waals surface area (Å²) in [6.07, 6.45) is 1.68. The molecule has 1 aliphatic carbocycles. The third-order valence-electron chi connectivity index (χ3n) is 3.73. The van der Waals surface area contributed by atoms with Crippen molar-refractivity contribution in [2.24, 2.45) is 0 Å². The topological polar surface area (TPSA) is 50.7 Å². The molecule has 4 nitrogen and oxygen atoms in total. The highest BCUT2D eigenvalue weighted by atomic mass is 16.5. The van der Waals surface area contributed by atoms with Crippen LogP contribution < -0.4 is 10.1 Å². The lowest BCUT2D eigenvalue weighted by molar-refractivity contribution is -0.0124. The minimum Gasteiger partial charge on any atom is -0.491 e. The standard InChI is InChI=1S/C17H27NO3/c1-4-18-16-9-8-15-14(16)6-5-7-17(15)21-11-13(19)10-20-12(2)3/h5-7,12-13,16,18-19H,4,8-11H2,1-3H3. The normalized spacial score (nSPS) is 18.8. The lowest BCUT2D eigenvalue weighted by Gasteiger charge is -2.17. The second-order valence-electron chi connectivity index (χ2n) is 5.82. The van der Waals surface area contributed by atoms with Crippen LogP contribution in [-0.4, -0.2) is 37.1 Å². The molecule has 1 aromatic carbocycles. The summed E-state index contributed by atoms with van der Waals surface area (Å²) in [5, 5.41) is 13.4. The van der Waals surface area contributed by atoms with E-state index in [2.05, 4.69) is 18.3 Å². The van der Waals surface area contributed by atoms with Gasteiger partial charge in [-0.25, -0.2) is 0 Å². The van der Waals surface area contributed by atoms with Gasteiger partial charge in [-0.1, -0.05) is 19.1 Å². The Balaban J connectivity index is 1.93. The molecule has 0 aliphatic heterocycles. The summed E-state index contributed by atoms with van der Waals surface area (Å²) in [6, 6.07) is 6.62. The van der Waals surface area contributed by atoms with Crippen LogP contribution in [0.3, 0.4) is 0 Å². The zero-order chi connectivity index (χ0) is 15.2. The largest absolute Gasteiger partial charge is 0.491 e. The maximum atomic E-state index is 9.88. The van der Waals surface area contributed by atoms with Crippen molar-refractivity contribution in [2.45, 2.75) is 51.9 Å². The number of hydrogen-bond donors (Lipinski definition) is 2. The summed E-state index contributed by atoms with van der Waals surface area (Å²) in [4.78, 5) is 0. The highest BCUT2D eigenvalue weighted by Crippen LogP contribution is 2.36. The molecule has 21 heavy (non-hydrogen) atoms. The average Bonchev–Trinajstić information content (AvgIpc) is 2.87. The number of hydrogen-bond acceptors (Lipinski definition) is 4. The summed E-state index contributed by atoms with van der Waals surface area (Å²) >= 11 is 0. The fourth-order valence-electron chi connectivity index (χ4n) is 2.75. The number of rotatable bonds is 8. The number of aliphatic hydroxyl groups excluding tert-OH is 1. The summed E-state index contributed by atoms with van der Waals surface area (Å²) in [5.74, 6) is 0.900. The lowest BCUT2D eigenvalue weighted by Crippen LogP contribution is -2.25. The summed E-state index contributed by atoms with van der Waals surface area (Å²) in [7, 11) is 0. The van der Waals surface area contributed by atoms with Gasteiger partial charge in [-0.2, -0.15) is 0 Å². The van der Waals surface area contributed by atoms with Crippen LogP contribution in [0.5, 0.6) is 5.75 Å². The van der Waals surface area contributed by atoms with Crippen molar-refractivity contribution < 1.29 is 14.6 Å². The van der Waals surface area contributed by atoms with Crippen LogP contribution in [0.25, 0.3) is 0 Å². The Morgan fingerprint density at radius 3 is 2.86 bits per heavy atom. The van der Waals surface area contributed by atoms with Gasteiger partial charge in [0.25, 0.3) is 0 Å². The Labute approximate surface area is 127 Å². The molecule has 0 aromatic heterocycles. The first-order chi connectivity index (χ1) is 10.1. The highest BCUT2D eigenvalue weighted by Gasteiger charge is 2.24. The van der Waals surface area contributed by atoms with Gasteiger partial charge in [0, 0.05) is 6.04 Å². The molecule has 0 heterocycles. The molecule has 4 heteroatoms. The van der Waals surface area contributed by atoms with Gasteiger partial charge < -0.3 is 19.9 Å². The van der Waals surface area contributed by atoms with Gasteiger partial charge in [0.15, 0.2) is 0 Å². The Morgan fingerprint density at radius 1 is 1.33 bits per heavy atom. The summed E-state index contributed by atoms with van der Waals surface area (Å²) < 4.78 is 11.2. The third-order valence-corrected chi connectivity index (χ3v) is 3.73. The minimum atomic E-state index is -0.589. The van der Waals surface area contributed by atoms with E-state index in [1.807, 2.05) is 26.0 Å². The van der Waals surface area contributed by atoms with Crippen molar-refractivity contribution in [3.63, 3.8) is 0 Å². The van der Waals surface area contributed by atoms with Gasteiger partial charge in [-0.3, -0.25) is 0 Å². The van der Waals surface area contributed by atoms with Crippen molar-refractivity contribution >= 4 is 0 Å². The van der Waals surface area contributed by atoms with Gasteiger partial charge in [-0.15, -0.1) is 0 Å². The maximum Gasteiger partial charge on any atom is 0.122 e. The fourth-order valence-corrected chi connectivity index (χ4v) is 2.75. The van der Waals surface area contributed by atoms with Crippen molar-refractivity contribution in [3.8, 4) is 5.75 Å². The van der Waals surface area contributed by atoms with Crippen LogP contribution in [-0.2, 0) is 11.2 Å². The van der Waals surface area contributed by atoms with Crippen molar-refractivity contribution in [2.75, 3.05) is 19.8 Å². The number of ether oxygens (including phenoxy) is 2. The average molecular weight is 293 g/mol. The number of nitrogens with one attached hydrogen (secondary N) is 1. The first-order valence-electron chi connectivity index (χ1n) is 7.89. The highest BCUT2D eigenvalue weighted by molar-refractivity contribution is 5.45. The van der Waals surface area contributed by atoms with E-state index in [-0.39, 0.29) is 12.7 Å². The smallest absolute Gasteiger partial charge is 0.122 e. The van der Waals surface area contributed by atoms with Crippen LogP contribution in [0.2, 0.25) is 0 Å². The van der Waals surface area contributed by atoms with E-state index in [1.54, 1.807) is 0 Å². The number of benzene rings is 1. The van der Waals surface area contributed by atoms with Gasteiger partial charge in [0.1, 0.15) is 18.5 Å². The molecular formula is C17H27NO3. The molecule has 0 radical (unpaired) electrons. The maximum absolute atomic E-state index is 9.88. The van der Waals surface area contributed by atoms with Crippen LogP contribution in [0.15, 0.2) is 18.2 Å². The summed E-state index contributed by atoms with van der Waals surface area (Å²) in [6.45, 7) is 7.60. The van der Waals surface area contributed by atoms with Gasteiger partial charge >= 0.3 is 0 Å². The summed E-state index contributed by atoms with van der Waals surface area (Å²) in [5.41, 5.74) is 2.61. The SMILES string of the molecule is CCNC1CCc2c(OCC(O)COC(C)C)cccc21. The number of fused-ring (bicyclic) bond motifs is 1. The molecule has 2 unspecified atom stereocenters. The van der Waals surface area contributed by atoms with Crippen molar-refractivity contribution in [1.29, 1.82) is 0 Å². The predicted molar refractivity (Wildman–Crippen MR) is 83.8 cm³/mol. The van der Waals surface area contributed by atoms with E-state index in [1.165, 1.54) is 11.1 Å². The molecular weight excluding hydrogens is 266 g/mol. The van der Waals surface area contributed by atoms with Gasteiger partial charge in [0.2, 0.25) is 0 Å². The Bertz CT molecular complexity index is 448. The first-order valence-corrected chi connectivity index (χ1v) is 7.89. The van der Waals surface area contributed by atoms with Crippen LogP contribution in [0, 0.1) is 0 Å². The van der Waals surface area contributed by atoms with Gasteiger partial charge in [0.05, 0.1) is 12.7 Å². The monoisotopic (exact) mass is 293 g/mol. The molecule has 2 atom stereocenters. The molecule has 0 spiro atoms. The molecule has 2 rings (SSSR count). The van der Waals surface area contributed by atoms with E-state index >= 15 is 0 Å². The molecule has 118 valence electrons. The van der Waals surface area contributed by atoms with Crippen molar-refractivity contribution in [3.05, 3.63) is 29.3 Å². The van der Waals surface area contributed by atoms with Crippen molar-refractivity contribution in [1.82, 2.24) is 5.32 Å². The molecule has 0 fully saturated rings. The molecule has 0 amide bonds. The van der Waals surface area contributed by atoms with E-state index in [0.717, 1.165) is 25.1 Å². The Hall–Kier alpha value is -1.10. The zero-order valence-electron chi connectivity index (χ0n) is 13.3. The lowest BCUT2D eigenvalue weighted by atomic mass is 10.1. The van der Waals surface area contributed by atoms with E-state index in [4.69, 9.17) is 9.47 Å². The minimum absolute atomic E-state index is 0.126. The molecule has 2 N–H and O–H groups in total. The van der Waals surface area contributed by atoms with Gasteiger partial charge in [-0.05, 0) is 50.4 Å². The fraction of sp³-hybridized carbons (Fsp3) is 0.647. The van der Waals surface area contributed by atoms with E-state index < -0.39 is 6.10 Å². The second-order valence-corrected chi connectivity index (χ2v) is 5.82. The molecule has 0 saturated carbocycles. The van der Waals surface area contributed by atoms with Crippen LogP contribution in [0.1, 0.15) is 44.4 Å². The predicted octanol–water partition coefficient (Wildman–Crippen LogP) is 2.45.